The number of hydrogen-bond donors (Lipinski definition) is 0. The van der Waals surface area contributed by atoms with Crippen LogP contribution in [0.1, 0.15) is 28.8 Å². The van der Waals surface area contributed by atoms with Crippen molar-refractivity contribution in [2.24, 2.45) is 0 Å². The summed E-state index contributed by atoms with van der Waals surface area (Å²) in [5.41, 5.74) is 2.09. The maximum absolute atomic E-state index is 13.1. The first kappa shape index (κ1) is 19.8. The molecule has 3 heterocycles. The zero-order valence-corrected chi connectivity index (χ0v) is 17.9. The molecule has 29 heavy (non-hydrogen) atoms. The first-order valence-electron chi connectivity index (χ1n) is 10.00. The Kier molecular flexibility index (Phi) is 5.50. The van der Waals surface area contributed by atoms with Crippen molar-refractivity contribution < 1.29 is 9.18 Å². The molecule has 0 N–H and O–H groups in total. The molecular formula is C22H25FN4OS. The molecule has 3 aromatic rings. The molecule has 4 rings (SSSR count). The van der Waals surface area contributed by atoms with Crippen LogP contribution in [0.3, 0.4) is 0 Å². The van der Waals surface area contributed by atoms with Gasteiger partial charge in [0.15, 0.2) is 0 Å². The SMILES string of the molecule is CCc1nc(N2CCN(C(=O)Cc3ccc(F)cc3)CC2)c2c(C)c(C)sc2n1. The molecule has 1 saturated heterocycles. The molecule has 0 atom stereocenters. The van der Waals surface area contributed by atoms with Gasteiger partial charge in [0.2, 0.25) is 5.91 Å². The van der Waals surface area contributed by atoms with Gasteiger partial charge in [-0.05, 0) is 37.1 Å². The van der Waals surface area contributed by atoms with Crippen LogP contribution in [0.2, 0.25) is 0 Å². The highest BCUT2D eigenvalue weighted by molar-refractivity contribution is 7.18. The molecule has 0 saturated carbocycles. The van der Waals surface area contributed by atoms with Gasteiger partial charge in [-0.15, -0.1) is 11.3 Å². The van der Waals surface area contributed by atoms with Crippen molar-refractivity contribution >= 4 is 33.3 Å². The van der Waals surface area contributed by atoms with E-state index in [4.69, 9.17) is 9.97 Å². The van der Waals surface area contributed by atoms with Crippen molar-refractivity contribution in [1.29, 1.82) is 0 Å². The van der Waals surface area contributed by atoms with Crippen LogP contribution in [0.25, 0.3) is 10.2 Å². The first-order valence-corrected chi connectivity index (χ1v) is 10.8. The topological polar surface area (TPSA) is 49.3 Å². The summed E-state index contributed by atoms with van der Waals surface area (Å²) in [6.07, 6.45) is 1.11. The summed E-state index contributed by atoms with van der Waals surface area (Å²) < 4.78 is 13.1. The third kappa shape index (κ3) is 3.96. The Morgan fingerprint density at radius 1 is 1.10 bits per heavy atom. The fourth-order valence-electron chi connectivity index (χ4n) is 3.71. The minimum atomic E-state index is -0.281. The van der Waals surface area contributed by atoms with E-state index in [1.807, 2.05) is 4.90 Å². The quantitative estimate of drug-likeness (QED) is 0.652. The van der Waals surface area contributed by atoms with E-state index >= 15 is 0 Å². The van der Waals surface area contributed by atoms with Crippen LogP contribution in [-0.2, 0) is 17.6 Å². The lowest BCUT2D eigenvalue weighted by atomic mass is 10.1. The number of carbonyl (C=O) groups excluding carboxylic acids is 1. The van der Waals surface area contributed by atoms with Gasteiger partial charge in [0.05, 0.1) is 11.8 Å². The lowest BCUT2D eigenvalue weighted by Gasteiger charge is -2.36. The highest BCUT2D eigenvalue weighted by Gasteiger charge is 2.25. The highest BCUT2D eigenvalue weighted by Crippen LogP contribution is 2.35. The second-order valence-electron chi connectivity index (χ2n) is 7.45. The number of aryl methyl sites for hydroxylation is 3. The molecular weight excluding hydrogens is 387 g/mol. The molecule has 7 heteroatoms. The van der Waals surface area contributed by atoms with Gasteiger partial charge in [-0.3, -0.25) is 4.79 Å². The normalized spacial score (nSPS) is 14.6. The van der Waals surface area contributed by atoms with E-state index in [0.29, 0.717) is 19.5 Å². The van der Waals surface area contributed by atoms with E-state index in [0.717, 1.165) is 46.9 Å². The molecule has 2 aromatic heterocycles. The number of halogens is 1. The Morgan fingerprint density at radius 2 is 1.79 bits per heavy atom. The number of carbonyl (C=O) groups is 1. The van der Waals surface area contributed by atoms with Gasteiger partial charge in [0, 0.05) is 37.5 Å². The number of nitrogens with zero attached hydrogens (tertiary/aromatic N) is 4. The number of hydrogen-bond acceptors (Lipinski definition) is 5. The maximum Gasteiger partial charge on any atom is 0.227 e. The average Bonchev–Trinajstić information content (AvgIpc) is 3.02. The highest BCUT2D eigenvalue weighted by atomic mass is 32.1. The van der Waals surface area contributed by atoms with Crippen LogP contribution in [-0.4, -0.2) is 47.0 Å². The molecule has 152 valence electrons. The fourth-order valence-corrected chi connectivity index (χ4v) is 4.76. The molecule has 0 aliphatic carbocycles. The standard InChI is InChI=1S/C22H25FN4OS/c1-4-18-24-21(20-14(2)15(3)29-22(20)25-18)27-11-9-26(10-12-27)19(28)13-16-5-7-17(23)8-6-16/h5-8H,4,9-13H2,1-3H3. The Hall–Kier alpha value is -2.54. The fraction of sp³-hybridized carbons (Fsp3) is 0.409. The predicted molar refractivity (Wildman–Crippen MR) is 115 cm³/mol. The summed E-state index contributed by atoms with van der Waals surface area (Å²) >= 11 is 1.73. The minimum Gasteiger partial charge on any atom is -0.352 e. The lowest BCUT2D eigenvalue weighted by molar-refractivity contribution is -0.130. The minimum absolute atomic E-state index is 0.0842. The van der Waals surface area contributed by atoms with Gasteiger partial charge in [-0.1, -0.05) is 19.1 Å². The predicted octanol–water partition coefficient (Wildman–Crippen LogP) is 3.90. The molecule has 1 aromatic carbocycles. The van der Waals surface area contributed by atoms with Gasteiger partial charge < -0.3 is 9.80 Å². The number of aromatic nitrogens is 2. The summed E-state index contributed by atoms with van der Waals surface area (Å²) in [5, 5.41) is 1.15. The molecule has 0 radical (unpaired) electrons. The number of benzene rings is 1. The molecule has 1 fully saturated rings. The van der Waals surface area contributed by atoms with Crippen molar-refractivity contribution in [3.63, 3.8) is 0 Å². The average molecular weight is 413 g/mol. The van der Waals surface area contributed by atoms with Crippen LogP contribution >= 0.6 is 11.3 Å². The smallest absolute Gasteiger partial charge is 0.227 e. The molecule has 5 nitrogen and oxygen atoms in total. The molecule has 0 unspecified atom stereocenters. The number of anilines is 1. The summed E-state index contributed by atoms with van der Waals surface area (Å²) in [5.74, 6) is 1.67. The Morgan fingerprint density at radius 3 is 2.45 bits per heavy atom. The molecule has 1 aliphatic rings. The van der Waals surface area contributed by atoms with Crippen LogP contribution < -0.4 is 4.90 Å². The van der Waals surface area contributed by atoms with Crippen LogP contribution in [0.5, 0.6) is 0 Å². The van der Waals surface area contributed by atoms with Crippen LogP contribution in [0.15, 0.2) is 24.3 Å². The number of piperazine rings is 1. The van der Waals surface area contributed by atoms with E-state index in [2.05, 4.69) is 25.7 Å². The third-order valence-corrected chi connectivity index (χ3v) is 6.67. The van der Waals surface area contributed by atoms with Gasteiger partial charge in [-0.2, -0.15) is 0 Å². The molecule has 1 amide bonds. The number of rotatable bonds is 4. The van der Waals surface area contributed by atoms with E-state index in [1.165, 1.54) is 22.6 Å². The van der Waals surface area contributed by atoms with Crippen molar-refractivity contribution in [2.75, 3.05) is 31.1 Å². The van der Waals surface area contributed by atoms with Gasteiger partial charge >= 0.3 is 0 Å². The Balaban J connectivity index is 1.49. The van der Waals surface area contributed by atoms with E-state index in [1.54, 1.807) is 23.5 Å². The van der Waals surface area contributed by atoms with E-state index in [9.17, 15) is 9.18 Å². The summed E-state index contributed by atoms with van der Waals surface area (Å²) in [4.78, 5) is 28.7. The molecule has 0 bridgehead atoms. The largest absolute Gasteiger partial charge is 0.352 e. The zero-order valence-electron chi connectivity index (χ0n) is 17.0. The third-order valence-electron chi connectivity index (χ3n) is 5.57. The van der Waals surface area contributed by atoms with Crippen LogP contribution in [0, 0.1) is 19.7 Å². The van der Waals surface area contributed by atoms with Crippen molar-refractivity contribution in [2.45, 2.75) is 33.6 Å². The second kappa shape index (κ2) is 8.06. The zero-order chi connectivity index (χ0) is 20.5. The Bertz CT molecular complexity index is 1040. The van der Waals surface area contributed by atoms with Crippen molar-refractivity contribution in [3.05, 3.63) is 51.9 Å². The number of fused-ring (bicyclic) bond motifs is 1. The second-order valence-corrected chi connectivity index (χ2v) is 8.65. The summed E-state index contributed by atoms with van der Waals surface area (Å²) in [7, 11) is 0. The molecule has 0 spiro atoms. The van der Waals surface area contributed by atoms with Gasteiger partial charge in [0.25, 0.3) is 0 Å². The van der Waals surface area contributed by atoms with Gasteiger partial charge in [-0.25, -0.2) is 14.4 Å². The Labute approximate surface area is 174 Å². The van der Waals surface area contributed by atoms with Gasteiger partial charge in [0.1, 0.15) is 22.3 Å². The summed E-state index contributed by atoms with van der Waals surface area (Å²) in [6.45, 7) is 9.16. The van der Waals surface area contributed by atoms with Crippen LogP contribution in [0.4, 0.5) is 10.2 Å². The maximum atomic E-state index is 13.1. The first-order chi connectivity index (χ1) is 14.0. The van der Waals surface area contributed by atoms with Crippen molar-refractivity contribution in [1.82, 2.24) is 14.9 Å². The lowest BCUT2D eigenvalue weighted by Crippen LogP contribution is -2.49. The monoisotopic (exact) mass is 412 g/mol. The van der Waals surface area contributed by atoms with E-state index < -0.39 is 0 Å². The molecule has 1 aliphatic heterocycles. The van der Waals surface area contributed by atoms with Crippen molar-refractivity contribution in [3.8, 4) is 0 Å². The van der Waals surface area contributed by atoms with E-state index in [-0.39, 0.29) is 11.7 Å². The number of amides is 1. The number of thiophene rings is 1. The summed E-state index contributed by atoms with van der Waals surface area (Å²) in [6, 6.07) is 6.15.